The van der Waals surface area contributed by atoms with Crippen molar-refractivity contribution >= 4 is 11.6 Å². The summed E-state index contributed by atoms with van der Waals surface area (Å²) in [6.07, 6.45) is 2.40. The molecule has 0 unspecified atom stereocenters. The molecule has 1 fully saturated rings. The molecule has 1 aliphatic heterocycles. The molecule has 2 aromatic carbocycles. The molecule has 2 aromatic rings. The first-order valence-electron chi connectivity index (χ1n) is 7.91. The van der Waals surface area contributed by atoms with Crippen LogP contribution < -0.4 is 9.47 Å². The third-order valence-electron chi connectivity index (χ3n) is 4.42. The zero-order chi connectivity index (χ0) is 16.2. The Hall–Kier alpha value is -1.71. The summed E-state index contributed by atoms with van der Waals surface area (Å²) in [4.78, 5) is 2.51. The van der Waals surface area contributed by atoms with Crippen LogP contribution in [0.5, 0.6) is 11.5 Å². The molecule has 122 valence electrons. The minimum atomic E-state index is 0.449. The molecule has 1 aliphatic rings. The van der Waals surface area contributed by atoms with E-state index in [4.69, 9.17) is 21.1 Å². The average molecular weight is 332 g/mol. The molecule has 1 heterocycles. The first-order chi connectivity index (χ1) is 11.2. The van der Waals surface area contributed by atoms with Gasteiger partial charge >= 0.3 is 0 Å². The van der Waals surface area contributed by atoms with Crippen molar-refractivity contribution in [3.05, 3.63) is 58.6 Å². The summed E-state index contributed by atoms with van der Waals surface area (Å²) in [6, 6.07) is 14.7. The molecule has 0 bridgehead atoms. The topological polar surface area (TPSA) is 21.7 Å². The SMILES string of the molecule is COc1cc(CN2CCC[C@H]2c2ccc(Cl)cc2)cc(OC)c1. The lowest BCUT2D eigenvalue weighted by molar-refractivity contribution is 0.247. The Labute approximate surface area is 142 Å². The molecule has 0 N–H and O–H groups in total. The predicted octanol–water partition coefficient (Wildman–Crippen LogP) is 4.69. The molecule has 3 nitrogen and oxygen atoms in total. The molecule has 1 atom stereocenters. The highest BCUT2D eigenvalue weighted by Crippen LogP contribution is 2.34. The molecule has 0 radical (unpaired) electrons. The fourth-order valence-corrected chi connectivity index (χ4v) is 3.40. The minimum Gasteiger partial charge on any atom is -0.497 e. The Morgan fingerprint density at radius 1 is 1.04 bits per heavy atom. The quantitative estimate of drug-likeness (QED) is 0.793. The van der Waals surface area contributed by atoms with Crippen LogP contribution >= 0.6 is 11.6 Å². The van der Waals surface area contributed by atoms with E-state index >= 15 is 0 Å². The highest BCUT2D eigenvalue weighted by Gasteiger charge is 2.26. The summed E-state index contributed by atoms with van der Waals surface area (Å²) in [6.45, 7) is 1.99. The maximum absolute atomic E-state index is 6.01. The summed E-state index contributed by atoms with van der Waals surface area (Å²) in [5.74, 6) is 1.67. The predicted molar refractivity (Wildman–Crippen MR) is 93.4 cm³/mol. The van der Waals surface area contributed by atoms with E-state index < -0.39 is 0 Å². The fraction of sp³-hybridized carbons (Fsp3) is 0.368. The molecule has 3 rings (SSSR count). The lowest BCUT2D eigenvalue weighted by Gasteiger charge is -2.25. The van der Waals surface area contributed by atoms with E-state index in [0.717, 1.165) is 29.6 Å². The average Bonchev–Trinajstić information content (AvgIpc) is 3.03. The van der Waals surface area contributed by atoms with Crippen LogP contribution in [0, 0.1) is 0 Å². The van der Waals surface area contributed by atoms with Crippen LogP contribution in [0.15, 0.2) is 42.5 Å². The second-order valence-electron chi connectivity index (χ2n) is 5.90. The Balaban J connectivity index is 1.80. The molecular formula is C19H22ClNO2. The van der Waals surface area contributed by atoms with Gasteiger partial charge in [-0.1, -0.05) is 23.7 Å². The van der Waals surface area contributed by atoms with Gasteiger partial charge in [0.2, 0.25) is 0 Å². The molecule has 4 heteroatoms. The highest BCUT2D eigenvalue weighted by atomic mass is 35.5. The smallest absolute Gasteiger partial charge is 0.122 e. The summed E-state index contributed by atoms with van der Waals surface area (Å²) >= 11 is 6.01. The van der Waals surface area contributed by atoms with Gasteiger partial charge in [-0.25, -0.2) is 0 Å². The number of likely N-dealkylation sites (tertiary alicyclic amines) is 1. The Morgan fingerprint density at radius 3 is 2.30 bits per heavy atom. The van der Waals surface area contributed by atoms with Gasteiger partial charge in [-0.3, -0.25) is 4.90 Å². The van der Waals surface area contributed by atoms with Gasteiger partial charge in [0.25, 0.3) is 0 Å². The molecule has 0 aromatic heterocycles. The van der Waals surface area contributed by atoms with Crippen LogP contribution in [0.3, 0.4) is 0 Å². The van der Waals surface area contributed by atoms with Gasteiger partial charge in [0.1, 0.15) is 11.5 Å². The molecule has 0 aliphatic carbocycles. The maximum Gasteiger partial charge on any atom is 0.122 e. The van der Waals surface area contributed by atoms with Gasteiger partial charge in [-0.15, -0.1) is 0 Å². The fourth-order valence-electron chi connectivity index (χ4n) is 3.27. The number of benzene rings is 2. The summed E-state index contributed by atoms with van der Waals surface area (Å²) < 4.78 is 10.7. The zero-order valence-electron chi connectivity index (χ0n) is 13.6. The molecule has 1 saturated heterocycles. The van der Waals surface area contributed by atoms with Crippen molar-refractivity contribution in [2.75, 3.05) is 20.8 Å². The summed E-state index contributed by atoms with van der Waals surface area (Å²) in [5, 5.41) is 0.788. The highest BCUT2D eigenvalue weighted by molar-refractivity contribution is 6.30. The molecular weight excluding hydrogens is 310 g/mol. The molecule has 23 heavy (non-hydrogen) atoms. The number of methoxy groups -OCH3 is 2. The monoisotopic (exact) mass is 331 g/mol. The zero-order valence-corrected chi connectivity index (χ0v) is 14.3. The number of halogens is 1. The number of hydrogen-bond acceptors (Lipinski definition) is 3. The Bertz CT molecular complexity index is 635. The summed E-state index contributed by atoms with van der Waals surface area (Å²) in [7, 11) is 3.37. The summed E-state index contributed by atoms with van der Waals surface area (Å²) in [5.41, 5.74) is 2.55. The van der Waals surface area contributed by atoms with Gasteiger partial charge in [0.05, 0.1) is 14.2 Å². The number of ether oxygens (including phenoxy) is 2. The van der Waals surface area contributed by atoms with Crippen molar-refractivity contribution in [3.63, 3.8) is 0 Å². The van der Waals surface area contributed by atoms with Gasteiger partial charge in [0, 0.05) is 23.7 Å². The van der Waals surface area contributed by atoms with Crippen molar-refractivity contribution in [1.82, 2.24) is 4.90 Å². The number of rotatable bonds is 5. The second-order valence-corrected chi connectivity index (χ2v) is 6.34. The van der Waals surface area contributed by atoms with Crippen LogP contribution in [0.25, 0.3) is 0 Å². The van der Waals surface area contributed by atoms with E-state index in [1.165, 1.54) is 24.0 Å². The largest absolute Gasteiger partial charge is 0.497 e. The third-order valence-corrected chi connectivity index (χ3v) is 4.67. The standard InChI is InChI=1S/C19H22ClNO2/c1-22-17-10-14(11-18(12-17)23-2)13-21-9-3-4-19(21)15-5-7-16(20)8-6-15/h5-8,10-12,19H,3-4,9,13H2,1-2H3/t19-/m0/s1. The number of nitrogens with zero attached hydrogens (tertiary/aromatic N) is 1. The Morgan fingerprint density at radius 2 is 1.70 bits per heavy atom. The van der Waals surface area contributed by atoms with Crippen LogP contribution in [-0.2, 0) is 6.54 Å². The minimum absolute atomic E-state index is 0.449. The van der Waals surface area contributed by atoms with Gasteiger partial charge in [-0.2, -0.15) is 0 Å². The van der Waals surface area contributed by atoms with E-state index in [1.54, 1.807) is 14.2 Å². The van der Waals surface area contributed by atoms with Gasteiger partial charge < -0.3 is 9.47 Å². The molecule has 0 saturated carbocycles. The van der Waals surface area contributed by atoms with Gasteiger partial charge in [0.15, 0.2) is 0 Å². The van der Waals surface area contributed by atoms with Crippen molar-refractivity contribution in [2.45, 2.75) is 25.4 Å². The van der Waals surface area contributed by atoms with Crippen molar-refractivity contribution in [2.24, 2.45) is 0 Å². The van der Waals surface area contributed by atoms with Crippen molar-refractivity contribution in [3.8, 4) is 11.5 Å². The van der Waals surface area contributed by atoms with Crippen LogP contribution in [-0.4, -0.2) is 25.7 Å². The van der Waals surface area contributed by atoms with Crippen molar-refractivity contribution in [1.29, 1.82) is 0 Å². The van der Waals surface area contributed by atoms with Gasteiger partial charge in [-0.05, 0) is 54.8 Å². The van der Waals surface area contributed by atoms with E-state index in [9.17, 15) is 0 Å². The van der Waals surface area contributed by atoms with E-state index in [1.807, 2.05) is 18.2 Å². The van der Waals surface area contributed by atoms with Crippen LogP contribution in [0.2, 0.25) is 5.02 Å². The Kier molecular flexibility index (Phi) is 5.09. The molecule has 0 spiro atoms. The van der Waals surface area contributed by atoms with E-state index in [-0.39, 0.29) is 0 Å². The van der Waals surface area contributed by atoms with Crippen LogP contribution in [0.1, 0.15) is 30.0 Å². The van der Waals surface area contributed by atoms with E-state index in [0.29, 0.717) is 6.04 Å². The number of hydrogen-bond donors (Lipinski definition) is 0. The first-order valence-corrected chi connectivity index (χ1v) is 8.29. The van der Waals surface area contributed by atoms with Crippen LogP contribution in [0.4, 0.5) is 0 Å². The lowest BCUT2D eigenvalue weighted by Crippen LogP contribution is -2.22. The lowest BCUT2D eigenvalue weighted by atomic mass is 10.0. The normalized spacial score (nSPS) is 18.1. The molecule has 0 amide bonds. The van der Waals surface area contributed by atoms with Crippen molar-refractivity contribution < 1.29 is 9.47 Å². The second kappa shape index (κ2) is 7.24. The van der Waals surface area contributed by atoms with E-state index in [2.05, 4.69) is 29.2 Å². The third kappa shape index (κ3) is 3.80. The first kappa shape index (κ1) is 16.2. The maximum atomic E-state index is 6.01.